The van der Waals surface area contributed by atoms with Crippen molar-refractivity contribution in [1.29, 1.82) is 0 Å². The van der Waals surface area contributed by atoms with Gasteiger partial charge >= 0.3 is 0 Å². The molecule has 0 spiro atoms. The molecule has 7 heteroatoms. The van der Waals surface area contributed by atoms with Crippen molar-refractivity contribution >= 4 is 0 Å². The smallest absolute Gasteiger partial charge is 0.277 e. The van der Waals surface area contributed by atoms with Crippen LogP contribution in [-0.2, 0) is 6.42 Å². The molecule has 3 heterocycles. The van der Waals surface area contributed by atoms with Gasteiger partial charge in [-0.25, -0.2) is 15.0 Å². The number of aromatic nitrogens is 5. The first-order valence-corrected chi connectivity index (χ1v) is 7.89. The van der Waals surface area contributed by atoms with Crippen LogP contribution in [-0.4, -0.2) is 31.6 Å². The Kier molecular flexibility index (Phi) is 4.61. The van der Waals surface area contributed by atoms with Gasteiger partial charge in [-0.15, -0.1) is 0 Å². The molecular weight excluding hydrogens is 304 g/mol. The van der Waals surface area contributed by atoms with Crippen molar-refractivity contribution in [1.82, 2.24) is 25.1 Å². The second-order valence-electron chi connectivity index (χ2n) is 5.80. The molecule has 3 aromatic rings. The highest BCUT2D eigenvalue weighted by Crippen LogP contribution is 2.21. The van der Waals surface area contributed by atoms with Crippen LogP contribution in [0, 0.1) is 20.8 Å². The first kappa shape index (κ1) is 16.2. The molecule has 0 saturated heterocycles. The molecule has 24 heavy (non-hydrogen) atoms. The van der Waals surface area contributed by atoms with Crippen molar-refractivity contribution in [2.75, 3.05) is 6.54 Å². The number of rotatable bonds is 5. The summed E-state index contributed by atoms with van der Waals surface area (Å²) < 4.78 is 5.38. The van der Waals surface area contributed by atoms with E-state index in [4.69, 9.17) is 10.3 Å². The fourth-order valence-electron chi connectivity index (χ4n) is 2.50. The summed E-state index contributed by atoms with van der Waals surface area (Å²) in [5.74, 6) is 1.56. The number of pyridine rings is 1. The third-order valence-electron chi connectivity index (χ3n) is 3.48. The van der Waals surface area contributed by atoms with Gasteiger partial charge in [-0.1, -0.05) is 5.16 Å². The monoisotopic (exact) mass is 324 g/mol. The molecule has 0 bridgehead atoms. The van der Waals surface area contributed by atoms with Crippen molar-refractivity contribution in [3.8, 4) is 23.1 Å². The van der Waals surface area contributed by atoms with E-state index >= 15 is 0 Å². The van der Waals surface area contributed by atoms with E-state index in [2.05, 4.69) is 25.1 Å². The third-order valence-corrected chi connectivity index (χ3v) is 3.48. The quantitative estimate of drug-likeness (QED) is 0.768. The predicted molar refractivity (Wildman–Crippen MR) is 90.1 cm³/mol. The van der Waals surface area contributed by atoms with Crippen LogP contribution in [0.5, 0.6) is 0 Å². The molecule has 0 unspecified atom stereocenters. The van der Waals surface area contributed by atoms with E-state index in [0.717, 1.165) is 35.6 Å². The van der Waals surface area contributed by atoms with Gasteiger partial charge < -0.3 is 10.3 Å². The number of nitrogens with two attached hydrogens (primary N) is 1. The summed E-state index contributed by atoms with van der Waals surface area (Å²) in [7, 11) is 0. The van der Waals surface area contributed by atoms with Gasteiger partial charge in [0.05, 0.1) is 0 Å². The zero-order chi connectivity index (χ0) is 17.1. The summed E-state index contributed by atoms with van der Waals surface area (Å²) in [5, 5.41) is 4.04. The minimum Gasteiger partial charge on any atom is -0.332 e. The maximum atomic E-state index is 5.55. The predicted octanol–water partition coefficient (Wildman–Crippen LogP) is 2.41. The maximum absolute atomic E-state index is 5.55. The molecule has 0 atom stereocenters. The molecule has 0 aliphatic heterocycles. The Hall–Kier alpha value is -2.67. The lowest BCUT2D eigenvalue weighted by Crippen LogP contribution is -2.04. The molecule has 124 valence electrons. The molecule has 0 saturated carbocycles. The zero-order valence-electron chi connectivity index (χ0n) is 14.1. The Morgan fingerprint density at radius 1 is 0.917 bits per heavy atom. The standard InChI is InChI=1S/C17H20N6O/c1-10-7-11(2)19-13(8-10)16-22-17(24-23-16)14-9-12(3)20-15(21-14)5-4-6-18/h7-9H,4-6,18H2,1-3H3. The van der Waals surface area contributed by atoms with E-state index < -0.39 is 0 Å². The molecule has 0 aromatic carbocycles. The highest BCUT2D eigenvalue weighted by Gasteiger charge is 2.15. The molecule has 0 aliphatic rings. The second kappa shape index (κ2) is 6.84. The van der Waals surface area contributed by atoms with E-state index in [9.17, 15) is 0 Å². The van der Waals surface area contributed by atoms with Crippen LogP contribution in [0.2, 0.25) is 0 Å². The van der Waals surface area contributed by atoms with Gasteiger partial charge in [0.15, 0.2) is 0 Å². The summed E-state index contributed by atoms with van der Waals surface area (Å²) in [6, 6.07) is 5.76. The minimum atomic E-state index is 0.366. The van der Waals surface area contributed by atoms with Crippen molar-refractivity contribution in [2.24, 2.45) is 5.73 Å². The highest BCUT2D eigenvalue weighted by atomic mass is 16.5. The van der Waals surface area contributed by atoms with E-state index in [-0.39, 0.29) is 0 Å². The maximum Gasteiger partial charge on any atom is 0.277 e. The van der Waals surface area contributed by atoms with E-state index in [0.29, 0.717) is 29.6 Å². The van der Waals surface area contributed by atoms with Crippen molar-refractivity contribution in [2.45, 2.75) is 33.6 Å². The molecule has 2 N–H and O–H groups in total. The number of nitrogens with zero attached hydrogens (tertiary/aromatic N) is 5. The SMILES string of the molecule is Cc1cc(C)nc(-c2noc(-c3cc(C)nc(CCCN)n3)n2)c1. The zero-order valence-corrected chi connectivity index (χ0v) is 14.1. The summed E-state index contributed by atoms with van der Waals surface area (Å²) in [6.45, 7) is 6.47. The average molecular weight is 324 g/mol. The Morgan fingerprint density at radius 2 is 1.71 bits per heavy atom. The summed E-state index contributed by atoms with van der Waals surface area (Å²) in [5.41, 5.74) is 9.74. The number of aryl methyl sites for hydroxylation is 4. The van der Waals surface area contributed by atoms with E-state index in [1.165, 1.54) is 0 Å². The van der Waals surface area contributed by atoms with Crippen LogP contribution in [0.25, 0.3) is 23.1 Å². The Labute approximate surface area is 140 Å². The first-order valence-electron chi connectivity index (χ1n) is 7.89. The van der Waals surface area contributed by atoms with E-state index in [1.807, 2.05) is 39.0 Å². The lowest BCUT2D eigenvalue weighted by atomic mass is 10.2. The minimum absolute atomic E-state index is 0.366. The fraction of sp³-hybridized carbons (Fsp3) is 0.353. The molecule has 7 nitrogen and oxygen atoms in total. The summed E-state index contributed by atoms with van der Waals surface area (Å²) >= 11 is 0. The Bertz CT molecular complexity index is 838. The molecule has 3 aromatic heterocycles. The summed E-state index contributed by atoms with van der Waals surface area (Å²) in [4.78, 5) is 17.8. The highest BCUT2D eigenvalue weighted by molar-refractivity contribution is 5.55. The van der Waals surface area contributed by atoms with Gasteiger partial charge in [0.1, 0.15) is 17.2 Å². The third kappa shape index (κ3) is 3.62. The summed E-state index contributed by atoms with van der Waals surface area (Å²) in [6.07, 6.45) is 1.56. The number of hydrogen-bond acceptors (Lipinski definition) is 7. The van der Waals surface area contributed by atoms with Crippen LogP contribution in [0.1, 0.15) is 29.2 Å². The lowest BCUT2D eigenvalue weighted by Gasteiger charge is -2.02. The van der Waals surface area contributed by atoms with Crippen molar-refractivity contribution < 1.29 is 4.52 Å². The van der Waals surface area contributed by atoms with Crippen LogP contribution in [0.4, 0.5) is 0 Å². The number of hydrogen-bond donors (Lipinski definition) is 1. The van der Waals surface area contributed by atoms with Gasteiger partial charge in [0, 0.05) is 17.8 Å². The van der Waals surface area contributed by atoms with Crippen LogP contribution in [0.15, 0.2) is 22.7 Å². The molecule has 0 aliphatic carbocycles. The molecule has 0 fully saturated rings. The topological polar surface area (TPSA) is 104 Å². The Balaban J connectivity index is 1.94. The van der Waals surface area contributed by atoms with Crippen molar-refractivity contribution in [3.63, 3.8) is 0 Å². The van der Waals surface area contributed by atoms with Gasteiger partial charge in [-0.05, 0) is 57.5 Å². The normalized spacial score (nSPS) is 11.0. The molecule has 3 rings (SSSR count). The molecule has 0 radical (unpaired) electrons. The van der Waals surface area contributed by atoms with Crippen molar-refractivity contribution in [3.05, 3.63) is 41.0 Å². The van der Waals surface area contributed by atoms with Gasteiger partial charge in [-0.2, -0.15) is 4.98 Å². The van der Waals surface area contributed by atoms with Crippen LogP contribution >= 0.6 is 0 Å². The van der Waals surface area contributed by atoms with Crippen LogP contribution < -0.4 is 5.73 Å². The average Bonchev–Trinajstić information content (AvgIpc) is 3.01. The first-order chi connectivity index (χ1) is 11.5. The molecule has 0 amide bonds. The second-order valence-corrected chi connectivity index (χ2v) is 5.80. The Morgan fingerprint density at radius 3 is 2.46 bits per heavy atom. The van der Waals surface area contributed by atoms with E-state index in [1.54, 1.807) is 0 Å². The van der Waals surface area contributed by atoms with Gasteiger partial charge in [0.25, 0.3) is 5.89 Å². The largest absolute Gasteiger partial charge is 0.332 e. The lowest BCUT2D eigenvalue weighted by molar-refractivity contribution is 0.430. The van der Waals surface area contributed by atoms with Gasteiger partial charge in [-0.3, -0.25) is 0 Å². The fourth-order valence-corrected chi connectivity index (χ4v) is 2.50. The molecular formula is C17H20N6O. The van der Waals surface area contributed by atoms with Crippen LogP contribution in [0.3, 0.4) is 0 Å². The van der Waals surface area contributed by atoms with Gasteiger partial charge in [0.2, 0.25) is 5.82 Å².